The summed E-state index contributed by atoms with van der Waals surface area (Å²) >= 11 is 9.42. The van der Waals surface area contributed by atoms with Crippen molar-refractivity contribution in [1.29, 1.82) is 0 Å². The van der Waals surface area contributed by atoms with Crippen LogP contribution in [0.3, 0.4) is 0 Å². The summed E-state index contributed by atoms with van der Waals surface area (Å²) in [4.78, 5) is 27.5. The first-order chi connectivity index (χ1) is 15.5. The van der Waals surface area contributed by atoms with Crippen LogP contribution in [0.5, 0.6) is 0 Å². The molecule has 0 aromatic heterocycles. The average molecular weight is 559 g/mol. The lowest BCUT2D eigenvalue weighted by atomic mass is 10.1. The Balaban J connectivity index is 2.33. The molecule has 2 aromatic carbocycles. The van der Waals surface area contributed by atoms with Crippen molar-refractivity contribution in [1.82, 2.24) is 10.2 Å². The molecule has 0 heterocycles. The number of nitrogens with one attached hydrogen (secondary N) is 1. The van der Waals surface area contributed by atoms with Gasteiger partial charge in [0.05, 0.1) is 11.9 Å². The van der Waals surface area contributed by atoms with Crippen LogP contribution in [0.15, 0.2) is 53.0 Å². The molecular weight excluding hydrogens is 530 g/mol. The fourth-order valence-corrected chi connectivity index (χ4v) is 4.44. The lowest BCUT2D eigenvalue weighted by Crippen LogP contribution is -2.51. The summed E-state index contributed by atoms with van der Waals surface area (Å²) < 4.78 is 26.9. The van der Waals surface area contributed by atoms with E-state index in [9.17, 15) is 18.0 Å². The van der Waals surface area contributed by atoms with Gasteiger partial charge < -0.3 is 10.2 Å². The molecule has 7 nitrogen and oxygen atoms in total. The van der Waals surface area contributed by atoms with Crippen molar-refractivity contribution >= 4 is 55.1 Å². The Kier molecular flexibility index (Phi) is 10.2. The molecule has 1 atom stereocenters. The summed E-state index contributed by atoms with van der Waals surface area (Å²) in [7, 11) is -3.78. The number of benzene rings is 2. The number of unbranched alkanes of at least 4 members (excludes halogenated alkanes) is 1. The highest BCUT2D eigenvalue weighted by molar-refractivity contribution is 9.10. The Hall–Kier alpha value is -2.10. The predicted octanol–water partition coefficient (Wildman–Crippen LogP) is 4.20. The van der Waals surface area contributed by atoms with Crippen molar-refractivity contribution in [3.05, 3.63) is 63.6 Å². The highest BCUT2D eigenvalue weighted by Gasteiger charge is 2.30. The van der Waals surface area contributed by atoms with Gasteiger partial charge >= 0.3 is 0 Å². The molecule has 1 N–H and O–H groups in total. The van der Waals surface area contributed by atoms with Gasteiger partial charge in [0.1, 0.15) is 12.6 Å². The molecular formula is C23H29BrClN3O4S. The van der Waals surface area contributed by atoms with Crippen molar-refractivity contribution in [2.75, 3.05) is 23.7 Å². The number of anilines is 1. The number of sulfonamides is 1. The van der Waals surface area contributed by atoms with Gasteiger partial charge in [0, 0.05) is 22.6 Å². The van der Waals surface area contributed by atoms with E-state index in [4.69, 9.17) is 11.6 Å². The molecule has 0 radical (unpaired) electrons. The third kappa shape index (κ3) is 8.32. The molecule has 2 aromatic rings. The van der Waals surface area contributed by atoms with Crippen molar-refractivity contribution in [2.45, 2.75) is 39.3 Å². The third-order valence-electron chi connectivity index (χ3n) is 5.04. The summed E-state index contributed by atoms with van der Waals surface area (Å²) in [6, 6.07) is 12.9. The van der Waals surface area contributed by atoms with E-state index < -0.39 is 28.5 Å². The Labute approximate surface area is 209 Å². The van der Waals surface area contributed by atoms with Gasteiger partial charge in [0.25, 0.3) is 0 Å². The van der Waals surface area contributed by atoms with Gasteiger partial charge in [-0.3, -0.25) is 13.9 Å². The molecule has 0 saturated heterocycles. The second-order valence-corrected chi connectivity index (χ2v) is 11.0. The molecule has 10 heteroatoms. The second kappa shape index (κ2) is 12.4. The van der Waals surface area contributed by atoms with Gasteiger partial charge in [-0.1, -0.05) is 59.1 Å². The second-order valence-electron chi connectivity index (χ2n) is 7.72. The maximum Gasteiger partial charge on any atom is 0.244 e. The van der Waals surface area contributed by atoms with Crippen LogP contribution in [0.4, 0.5) is 5.69 Å². The summed E-state index contributed by atoms with van der Waals surface area (Å²) in [6.45, 7) is 3.87. The molecule has 0 saturated carbocycles. The Bertz CT molecular complexity index is 1060. The molecule has 0 aliphatic heterocycles. The Morgan fingerprint density at radius 2 is 1.82 bits per heavy atom. The van der Waals surface area contributed by atoms with E-state index in [1.807, 2.05) is 31.2 Å². The molecule has 0 spiro atoms. The number of halogens is 2. The zero-order valence-electron chi connectivity index (χ0n) is 18.9. The highest BCUT2D eigenvalue weighted by atomic mass is 79.9. The maximum atomic E-state index is 13.4. The van der Waals surface area contributed by atoms with Crippen LogP contribution in [-0.4, -0.2) is 50.5 Å². The minimum Gasteiger partial charge on any atom is -0.354 e. The van der Waals surface area contributed by atoms with E-state index >= 15 is 0 Å². The molecule has 0 bridgehead atoms. The van der Waals surface area contributed by atoms with E-state index in [0.29, 0.717) is 11.6 Å². The van der Waals surface area contributed by atoms with Crippen molar-refractivity contribution in [3.63, 3.8) is 0 Å². The van der Waals surface area contributed by atoms with Crippen LogP contribution < -0.4 is 9.62 Å². The van der Waals surface area contributed by atoms with E-state index in [1.54, 1.807) is 25.1 Å². The van der Waals surface area contributed by atoms with Crippen LogP contribution >= 0.6 is 27.5 Å². The third-order valence-corrected chi connectivity index (χ3v) is 6.94. The molecule has 0 fully saturated rings. The number of hydrogen-bond acceptors (Lipinski definition) is 4. The lowest BCUT2D eigenvalue weighted by Gasteiger charge is -2.31. The topological polar surface area (TPSA) is 86.8 Å². The summed E-state index contributed by atoms with van der Waals surface area (Å²) in [6.07, 6.45) is 2.79. The number of nitrogens with zero attached hydrogens (tertiary/aromatic N) is 2. The zero-order valence-corrected chi connectivity index (χ0v) is 22.1. The monoisotopic (exact) mass is 557 g/mol. The minimum atomic E-state index is -3.78. The van der Waals surface area contributed by atoms with Gasteiger partial charge in [0.2, 0.25) is 21.8 Å². The SMILES string of the molecule is CCCCNC(=O)[C@@H](C)N(Cc1ccc(Br)cc1)C(=O)CN(c1cccc(Cl)c1)S(C)(=O)=O. The summed E-state index contributed by atoms with van der Waals surface area (Å²) in [5.74, 6) is -0.788. The standard InChI is InChI=1S/C23H29BrClN3O4S/c1-4-5-13-26-23(30)17(2)27(15-18-9-11-19(24)12-10-18)22(29)16-28(33(3,31)32)21-8-6-7-20(25)14-21/h6-12,14,17H,4-5,13,15-16H2,1-3H3,(H,26,30)/t17-/m1/s1. The van der Waals surface area contributed by atoms with Crippen molar-refractivity contribution in [3.8, 4) is 0 Å². The van der Waals surface area contributed by atoms with Crippen LogP contribution in [0, 0.1) is 0 Å². The van der Waals surface area contributed by atoms with Gasteiger partial charge in [-0.15, -0.1) is 0 Å². The normalized spacial score (nSPS) is 12.2. The van der Waals surface area contributed by atoms with Crippen LogP contribution in [-0.2, 0) is 26.2 Å². The average Bonchev–Trinajstić information content (AvgIpc) is 2.75. The molecule has 180 valence electrons. The molecule has 0 aliphatic carbocycles. The molecule has 2 rings (SSSR count). The molecule has 0 aliphatic rings. The Morgan fingerprint density at radius 3 is 2.39 bits per heavy atom. The fourth-order valence-electron chi connectivity index (χ4n) is 3.15. The van der Waals surface area contributed by atoms with Gasteiger partial charge in [-0.2, -0.15) is 0 Å². The smallest absolute Gasteiger partial charge is 0.244 e. The number of amides is 2. The predicted molar refractivity (Wildman–Crippen MR) is 136 cm³/mol. The minimum absolute atomic E-state index is 0.154. The highest BCUT2D eigenvalue weighted by Crippen LogP contribution is 2.22. The van der Waals surface area contributed by atoms with Gasteiger partial charge in [0.15, 0.2) is 0 Å². The number of carbonyl (C=O) groups excluding carboxylic acids is 2. The fraction of sp³-hybridized carbons (Fsp3) is 0.391. The number of carbonyl (C=O) groups is 2. The van der Waals surface area contributed by atoms with E-state index in [-0.39, 0.29) is 18.1 Å². The van der Waals surface area contributed by atoms with Crippen LogP contribution in [0.25, 0.3) is 0 Å². The maximum absolute atomic E-state index is 13.4. The van der Waals surface area contributed by atoms with Crippen LogP contribution in [0.1, 0.15) is 32.3 Å². The van der Waals surface area contributed by atoms with Crippen molar-refractivity contribution < 1.29 is 18.0 Å². The quantitative estimate of drug-likeness (QED) is 0.419. The lowest BCUT2D eigenvalue weighted by molar-refractivity contribution is -0.139. The first kappa shape index (κ1) is 27.1. The van der Waals surface area contributed by atoms with E-state index in [2.05, 4.69) is 21.2 Å². The molecule has 2 amide bonds. The van der Waals surface area contributed by atoms with E-state index in [1.165, 1.54) is 11.0 Å². The number of hydrogen-bond donors (Lipinski definition) is 1. The van der Waals surface area contributed by atoms with Crippen LogP contribution in [0.2, 0.25) is 5.02 Å². The van der Waals surface area contributed by atoms with E-state index in [0.717, 1.165) is 33.4 Å². The van der Waals surface area contributed by atoms with Gasteiger partial charge in [-0.25, -0.2) is 8.42 Å². The summed E-state index contributed by atoms with van der Waals surface area (Å²) in [5.41, 5.74) is 1.09. The number of rotatable bonds is 11. The first-order valence-corrected chi connectivity index (χ1v) is 13.6. The largest absolute Gasteiger partial charge is 0.354 e. The molecule has 0 unspecified atom stereocenters. The van der Waals surface area contributed by atoms with Gasteiger partial charge in [-0.05, 0) is 49.2 Å². The Morgan fingerprint density at radius 1 is 1.15 bits per heavy atom. The summed E-state index contributed by atoms with van der Waals surface area (Å²) in [5, 5.41) is 3.20. The first-order valence-electron chi connectivity index (χ1n) is 10.6. The molecule has 33 heavy (non-hydrogen) atoms. The van der Waals surface area contributed by atoms with Crippen molar-refractivity contribution in [2.24, 2.45) is 0 Å². The zero-order chi connectivity index (χ0) is 24.6.